The first-order chi connectivity index (χ1) is 13.1. The molecular weight excluding hydrogens is 362 g/mol. The number of nitrogens with one attached hydrogen (secondary N) is 1. The largest absolute Gasteiger partial charge is 0.497 e. The second-order valence-electron chi connectivity index (χ2n) is 6.88. The van der Waals surface area contributed by atoms with Crippen LogP contribution in [0.1, 0.15) is 36.6 Å². The molecule has 7 heteroatoms. The number of nitrogens with zero attached hydrogens (tertiary/aromatic N) is 2. The molecule has 0 radical (unpaired) electrons. The summed E-state index contributed by atoms with van der Waals surface area (Å²) >= 11 is 1.18. The van der Waals surface area contributed by atoms with Crippen molar-refractivity contribution >= 4 is 17.2 Å². The highest BCUT2D eigenvalue weighted by Gasteiger charge is 2.24. The zero-order chi connectivity index (χ0) is 19.2. The van der Waals surface area contributed by atoms with Gasteiger partial charge in [0.15, 0.2) is 0 Å². The maximum Gasteiger partial charge on any atom is 0.307 e. The van der Waals surface area contributed by atoms with Gasteiger partial charge in [-0.25, -0.2) is 0 Å². The minimum absolute atomic E-state index is 0.00604. The number of methoxy groups -OCH3 is 1. The molecule has 3 rings (SSSR count). The Balaban J connectivity index is 1.60. The van der Waals surface area contributed by atoms with Gasteiger partial charge in [0, 0.05) is 30.6 Å². The molecule has 0 aliphatic carbocycles. The lowest BCUT2D eigenvalue weighted by Gasteiger charge is -2.28. The van der Waals surface area contributed by atoms with E-state index in [1.165, 1.54) is 29.7 Å². The SMILES string of the molecule is COc1ccc([C@H](CNC(=O)CCn2c(C)csc2=O)N2CCCC2)cc1. The van der Waals surface area contributed by atoms with Crippen molar-refractivity contribution in [1.29, 1.82) is 0 Å². The highest BCUT2D eigenvalue weighted by Crippen LogP contribution is 2.26. The van der Waals surface area contributed by atoms with Gasteiger partial charge >= 0.3 is 4.87 Å². The van der Waals surface area contributed by atoms with E-state index < -0.39 is 0 Å². The predicted octanol–water partition coefficient (Wildman–Crippen LogP) is 2.57. The quantitative estimate of drug-likeness (QED) is 0.754. The summed E-state index contributed by atoms with van der Waals surface area (Å²) in [6.45, 7) is 4.99. The number of carbonyl (C=O) groups is 1. The summed E-state index contributed by atoms with van der Waals surface area (Å²) in [4.78, 5) is 26.5. The van der Waals surface area contributed by atoms with Crippen molar-refractivity contribution in [3.63, 3.8) is 0 Å². The first-order valence-corrected chi connectivity index (χ1v) is 10.3. The topological polar surface area (TPSA) is 63.6 Å². The van der Waals surface area contributed by atoms with Crippen LogP contribution in [0, 0.1) is 6.92 Å². The number of thiazole rings is 1. The van der Waals surface area contributed by atoms with Crippen LogP contribution in [0.5, 0.6) is 5.75 Å². The van der Waals surface area contributed by atoms with Crippen LogP contribution >= 0.6 is 11.3 Å². The van der Waals surface area contributed by atoms with Crippen LogP contribution in [-0.2, 0) is 11.3 Å². The molecule has 27 heavy (non-hydrogen) atoms. The molecular formula is C20H27N3O3S. The number of rotatable bonds is 8. The van der Waals surface area contributed by atoms with Crippen molar-refractivity contribution in [2.45, 2.75) is 38.8 Å². The molecule has 1 saturated heterocycles. The summed E-state index contributed by atoms with van der Waals surface area (Å²) in [6.07, 6.45) is 2.70. The Kier molecular flexibility index (Phi) is 6.68. The lowest BCUT2D eigenvalue weighted by Crippen LogP contribution is -2.37. The van der Waals surface area contributed by atoms with E-state index in [0.29, 0.717) is 19.5 Å². The van der Waals surface area contributed by atoms with E-state index in [1.54, 1.807) is 11.7 Å². The average molecular weight is 390 g/mol. The molecule has 1 aromatic heterocycles. The lowest BCUT2D eigenvalue weighted by molar-refractivity contribution is -0.121. The number of hydrogen-bond donors (Lipinski definition) is 1. The first-order valence-electron chi connectivity index (χ1n) is 9.38. The average Bonchev–Trinajstić information content (AvgIpc) is 3.31. The number of ether oxygens (including phenoxy) is 1. The first kappa shape index (κ1) is 19.6. The molecule has 2 heterocycles. The van der Waals surface area contributed by atoms with Gasteiger partial charge in [-0.05, 0) is 50.6 Å². The van der Waals surface area contributed by atoms with Crippen LogP contribution in [0.25, 0.3) is 0 Å². The van der Waals surface area contributed by atoms with Crippen molar-refractivity contribution in [2.75, 3.05) is 26.7 Å². The predicted molar refractivity (Wildman–Crippen MR) is 107 cm³/mol. The Morgan fingerprint density at radius 1 is 1.26 bits per heavy atom. The van der Waals surface area contributed by atoms with Crippen molar-refractivity contribution in [2.24, 2.45) is 0 Å². The van der Waals surface area contributed by atoms with Crippen LogP contribution in [0.15, 0.2) is 34.4 Å². The molecule has 0 unspecified atom stereocenters. The summed E-state index contributed by atoms with van der Waals surface area (Å²) in [5.74, 6) is 0.810. The van der Waals surface area contributed by atoms with Crippen LogP contribution in [-0.4, -0.2) is 42.1 Å². The Hall–Kier alpha value is -2.12. The second kappa shape index (κ2) is 9.19. The summed E-state index contributed by atoms with van der Waals surface area (Å²) in [5, 5.41) is 4.89. The summed E-state index contributed by atoms with van der Waals surface area (Å²) in [5.41, 5.74) is 2.09. The Morgan fingerprint density at radius 2 is 1.96 bits per heavy atom. The van der Waals surface area contributed by atoms with Gasteiger partial charge in [-0.2, -0.15) is 0 Å². The summed E-state index contributed by atoms with van der Waals surface area (Å²) < 4.78 is 6.91. The zero-order valence-corrected chi connectivity index (χ0v) is 16.8. The second-order valence-corrected chi connectivity index (χ2v) is 7.70. The molecule has 0 bridgehead atoms. The molecule has 1 aromatic carbocycles. The van der Waals surface area contributed by atoms with E-state index in [0.717, 1.165) is 24.5 Å². The Labute approximate surface area is 163 Å². The van der Waals surface area contributed by atoms with Gasteiger partial charge in [0.05, 0.1) is 13.2 Å². The highest BCUT2D eigenvalue weighted by atomic mass is 32.1. The fourth-order valence-corrected chi connectivity index (χ4v) is 4.29. The van der Waals surface area contributed by atoms with Crippen molar-refractivity contribution in [1.82, 2.24) is 14.8 Å². The van der Waals surface area contributed by atoms with E-state index in [9.17, 15) is 9.59 Å². The van der Waals surface area contributed by atoms with Gasteiger partial charge in [0.1, 0.15) is 5.75 Å². The third kappa shape index (κ3) is 4.99. The number of amides is 1. The minimum atomic E-state index is -0.0230. The van der Waals surface area contributed by atoms with Gasteiger partial charge in [-0.3, -0.25) is 14.5 Å². The van der Waals surface area contributed by atoms with E-state index in [-0.39, 0.29) is 16.8 Å². The van der Waals surface area contributed by atoms with E-state index in [4.69, 9.17) is 4.74 Å². The number of hydrogen-bond acceptors (Lipinski definition) is 5. The van der Waals surface area contributed by atoms with Crippen LogP contribution in [0.4, 0.5) is 0 Å². The molecule has 0 saturated carbocycles. The monoisotopic (exact) mass is 389 g/mol. The van der Waals surface area contributed by atoms with E-state index in [1.807, 2.05) is 24.4 Å². The molecule has 1 N–H and O–H groups in total. The lowest BCUT2D eigenvalue weighted by atomic mass is 10.1. The number of likely N-dealkylation sites (tertiary alicyclic amines) is 1. The third-order valence-corrected chi connectivity index (χ3v) is 5.99. The van der Waals surface area contributed by atoms with Gasteiger partial charge in [0.2, 0.25) is 5.91 Å². The Morgan fingerprint density at radius 3 is 2.56 bits per heavy atom. The highest BCUT2D eigenvalue weighted by molar-refractivity contribution is 7.07. The smallest absolute Gasteiger partial charge is 0.307 e. The molecule has 2 aromatic rings. The summed E-state index contributed by atoms with van der Waals surface area (Å²) in [7, 11) is 1.66. The van der Waals surface area contributed by atoms with Crippen LogP contribution in [0.2, 0.25) is 0 Å². The zero-order valence-electron chi connectivity index (χ0n) is 15.9. The standard InChI is InChI=1S/C20H27N3O3S/c1-15-14-27-20(25)23(15)12-9-19(24)21-13-18(22-10-3-4-11-22)16-5-7-17(26-2)8-6-16/h5-8,14,18H,3-4,9-13H2,1-2H3,(H,21,24)/t18-/m0/s1. The van der Waals surface area contributed by atoms with Crippen LogP contribution < -0.4 is 14.9 Å². The van der Waals surface area contributed by atoms with Gasteiger partial charge in [-0.15, -0.1) is 0 Å². The summed E-state index contributed by atoms with van der Waals surface area (Å²) in [6, 6.07) is 8.23. The maximum atomic E-state index is 12.4. The van der Waals surface area contributed by atoms with Crippen molar-refractivity contribution in [3.05, 3.63) is 50.6 Å². The molecule has 1 aliphatic rings. The fourth-order valence-electron chi connectivity index (χ4n) is 3.52. The maximum absolute atomic E-state index is 12.4. The van der Waals surface area contributed by atoms with Gasteiger partial charge < -0.3 is 14.6 Å². The molecule has 0 spiro atoms. The number of aryl methyl sites for hydroxylation is 1. The fraction of sp³-hybridized carbons (Fsp3) is 0.500. The van der Waals surface area contributed by atoms with E-state index in [2.05, 4.69) is 22.3 Å². The minimum Gasteiger partial charge on any atom is -0.497 e. The van der Waals surface area contributed by atoms with Crippen molar-refractivity contribution in [3.8, 4) is 5.75 Å². The molecule has 1 aliphatic heterocycles. The molecule has 146 valence electrons. The van der Waals surface area contributed by atoms with E-state index >= 15 is 0 Å². The molecule has 6 nitrogen and oxygen atoms in total. The Bertz CT molecular complexity index is 807. The molecule has 1 atom stereocenters. The number of aromatic nitrogens is 1. The number of benzene rings is 1. The van der Waals surface area contributed by atoms with Gasteiger partial charge in [-0.1, -0.05) is 23.5 Å². The number of carbonyl (C=O) groups excluding carboxylic acids is 1. The molecule has 1 amide bonds. The van der Waals surface area contributed by atoms with Gasteiger partial charge in [0.25, 0.3) is 0 Å². The molecule has 1 fully saturated rings. The third-order valence-electron chi connectivity index (χ3n) is 5.11. The van der Waals surface area contributed by atoms with Crippen molar-refractivity contribution < 1.29 is 9.53 Å². The normalized spacial score (nSPS) is 15.6. The van der Waals surface area contributed by atoms with Crippen LogP contribution in [0.3, 0.4) is 0 Å².